The molecule has 0 spiro atoms. The summed E-state index contributed by atoms with van der Waals surface area (Å²) in [4.78, 5) is 60.5. The molecule has 2 atom stereocenters. The molecule has 1 heterocycles. The Morgan fingerprint density at radius 3 is 2.00 bits per heavy atom. The first-order valence-electron chi connectivity index (χ1n) is 13.0. The average Bonchev–Trinajstić information content (AvgIpc) is 3.44. The van der Waals surface area contributed by atoms with Crippen LogP contribution in [0.15, 0.2) is 0 Å². The first-order valence-corrected chi connectivity index (χ1v) is 13.0. The fourth-order valence-corrected chi connectivity index (χ4v) is 3.52. The summed E-state index contributed by atoms with van der Waals surface area (Å²) >= 11 is 0. The second kappa shape index (κ2) is 17.8. The third-order valence-corrected chi connectivity index (χ3v) is 5.98. The quantitative estimate of drug-likeness (QED) is 0.109. The Labute approximate surface area is 219 Å². The lowest BCUT2D eigenvalue weighted by atomic mass is 10.1. The first kappa shape index (κ1) is 32.5. The van der Waals surface area contributed by atoms with Crippen LogP contribution in [0.2, 0.25) is 0 Å². The fraction of sp³-hybridized carbons (Fsp3) is 0.800. The number of hydrogen-bond donors (Lipinski definition) is 4. The summed E-state index contributed by atoms with van der Waals surface area (Å²) in [7, 11) is 0. The van der Waals surface area contributed by atoms with Crippen LogP contribution < -0.4 is 21.7 Å². The standard InChI is InChI=1S/C25H45N5O7/c1-19(31)7-8-21(32)27-11-5-4-6-20(24(26)35)29-23(34)10-9-22(33)28-12-14-36-16-17-37-15-13-30-18-25(30,2)3/h20H,4-18H2,1-3H3,(H2,26,35)(H,27,32)(H,28,33)(H,29,34)/t20-,30?/m0/s1. The number of Topliss-reactive ketones (excluding diaryl/α,β-unsaturated/α-hetero) is 1. The number of nitrogens with zero attached hydrogens (tertiary/aromatic N) is 1. The van der Waals surface area contributed by atoms with Crippen LogP contribution in [0.4, 0.5) is 0 Å². The van der Waals surface area contributed by atoms with Gasteiger partial charge in [-0.1, -0.05) is 0 Å². The van der Waals surface area contributed by atoms with Gasteiger partial charge in [-0.25, -0.2) is 0 Å². The minimum atomic E-state index is -0.840. The lowest BCUT2D eigenvalue weighted by Crippen LogP contribution is -2.44. The number of unbranched alkanes of at least 4 members (excludes halogenated alkanes) is 1. The summed E-state index contributed by atoms with van der Waals surface area (Å²) in [5, 5.41) is 7.95. The maximum Gasteiger partial charge on any atom is 0.239 e. The SMILES string of the molecule is CC(=O)CCC(=O)NCCCC[C@H](NC(=O)CCC(=O)NCCOCCOCCN1CC1(C)C)C(N)=O. The predicted molar refractivity (Wildman–Crippen MR) is 137 cm³/mol. The van der Waals surface area contributed by atoms with Crippen molar-refractivity contribution in [2.45, 2.75) is 77.3 Å². The van der Waals surface area contributed by atoms with Gasteiger partial charge in [-0.15, -0.1) is 0 Å². The number of primary amides is 1. The number of nitrogens with two attached hydrogens (primary N) is 1. The summed E-state index contributed by atoms with van der Waals surface area (Å²) in [6.07, 6.45) is 1.77. The van der Waals surface area contributed by atoms with Crippen LogP contribution in [0, 0.1) is 0 Å². The molecule has 1 saturated heterocycles. The minimum Gasteiger partial charge on any atom is -0.378 e. The molecular weight excluding hydrogens is 482 g/mol. The Morgan fingerprint density at radius 1 is 0.838 bits per heavy atom. The molecule has 5 N–H and O–H groups in total. The van der Waals surface area contributed by atoms with E-state index in [2.05, 4.69) is 34.7 Å². The molecule has 1 unspecified atom stereocenters. The van der Waals surface area contributed by atoms with Crippen LogP contribution in [-0.2, 0) is 33.4 Å². The van der Waals surface area contributed by atoms with E-state index in [0.29, 0.717) is 64.3 Å². The number of ketones is 1. The monoisotopic (exact) mass is 527 g/mol. The van der Waals surface area contributed by atoms with Gasteiger partial charge in [0.05, 0.1) is 26.4 Å². The molecule has 0 bridgehead atoms. The van der Waals surface area contributed by atoms with Crippen molar-refractivity contribution in [3.8, 4) is 0 Å². The van der Waals surface area contributed by atoms with E-state index >= 15 is 0 Å². The largest absolute Gasteiger partial charge is 0.378 e. The van der Waals surface area contributed by atoms with Crippen molar-refractivity contribution in [1.82, 2.24) is 20.9 Å². The maximum atomic E-state index is 12.1. The molecule has 0 aromatic rings. The smallest absolute Gasteiger partial charge is 0.239 e. The molecule has 12 nitrogen and oxygen atoms in total. The Balaban J connectivity index is 2.02. The van der Waals surface area contributed by atoms with Crippen LogP contribution in [0.5, 0.6) is 0 Å². The second-order valence-corrected chi connectivity index (χ2v) is 9.88. The zero-order valence-electron chi connectivity index (χ0n) is 22.6. The number of carbonyl (C=O) groups excluding carboxylic acids is 5. The van der Waals surface area contributed by atoms with Gasteiger partial charge in [0.1, 0.15) is 11.8 Å². The van der Waals surface area contributed by atoms with E-state index in [1.165, 1.54) is 6.92 Å². The highest BCUT2D eigenvalue weighted by Crippen LogP contribution is 2.29. The lowest BCUT2D eigenvalue weighted by Gasteiger charge is -2.15. The molecular formula is C25H45N5O7. The predicted octanol–water partition coefficient (Wildman–Crippen LogP) is -0.364. The van der Waals surface area contributed by atoms with Gasteiger partial charge in [0.25, 0.3) is 0 Å². The third kappa shape index (κ3) is 16.7. The van der Waals surface area contributed by atoms with Crippen molar-refractivity contribution in [3.63, 3.8) is 0 Å². The average molecular weight is 528 g/mol. The van der Waals surface area contributed by atoms with Gasteiger partial charge < -0.3 is 36.0 Å². The number of rotatable bonds is 22. The van der Waals surface area contributed by atoms with Crippen LogP contribution in [0.3, 0.4) is 0 Å². The third-order valence-electron chi connectivity index (χ3n) is 5.98. The summed E-state index contributed by atoms with van der Waals surface area (Å²) in [6.45, 7) is 10.6. The van der Waals surface area contributed by atoms with Crippen molar-refractivity contribution < 1.29 is 33.4 Å². The molecule has 1 rings (SSSR count). The van der Waals surface area contributed by atoms with E-state index in [4.69, 9.17) is 15.2 Å². The number of hydrogen-bond acceptors (Lipinski definition) is 8. The van der Waals surface area contributed by atoms with E-state index in [1.807, 2.05) is 0 Å². The van der Waals surface area contributed by atoms with Crippen molar-refractivity contribution >= 4 is 29.4 Å². The highest BCUT2D eigenvalue weighted by atomic mass is 16.5. The van der Waals surface area contributed by atoms with E-state index in [1.54, 1.807) is 0 Å². The van der Waals surface area contributed by atoms with E-state index in [9.17, 15) is 24.0 Å². The molecule has 0 saturated carbocycles. The van der Waals surface area contributed by atoms with Gasteiger partial charge in [0, 0.05) is 57.4 Å². The van der Waals surface area contributed by atoms with Crippen LogP contribution in [-0.4, -0.2) is 98.5 Å². The summed E-state index contributed by atoms with van der Waals surface area (Å²) in [5.41, 5.74) is 5.68. The second-order valence-electron chi connectivity index (χ2n) is 9.88. The zero-order valence-corrected chi connectivity index (χ0v) is 22.6. The van der Waals surface area contributed by atoms with Gasteiger partial charge in [0.2, 0.25) is 23.6 Å². The van der Waals surface area contributed by atoms with Crippen molar-refractivity contribution in [3.05, 3.63) is 0 Å². The first-order chi connectivity index (χ1) is 17.5. The van der Waals surface area contributed by atoms with Crippen LogP contribution >= 0.6 is 0 Å². The molecule has 1 aliphatic heterocycles. The molecule has 1 fully saturated rings. The van der Waals surface area contributed by atoms with E-state index < -0.39 is 17.9 Å². The Morgan fingerprint density at radius 2 is 1.41 bits per heavy atom. The molecule has 0 aliphatic carbocycles. The number of carbonyl (C=O) groups is 5. The van der Waals surface area contributed by atoms with E-state index in [0.717, 1.165) is 13.1 Å². The number of ether oxygens (including phenoxy) is 2. The topological polar surface area (TPSA) is 169 Å². The van der Waals surface area contributed by atoms with Gasteiger partial charge >= 0.3 is 0 Å². The normalized spacial score (nSPS) is 16.5. The summed E-state index contributed by atoms with van der Waals surface area (Å²) < 4.78 is 10.9. The Hall–Kier alpha value is -2.57. The molecule has 1 aliphatic rings. The Kier molecular flexibility index (Phi) is 15.6. The van der Waals surface area contributed by atoms with Crippen molar-refractivity contribution in [2.75, 3.05) is 52.6 Å². The molecule has 0 aromatic heterocycles. The summed E-state index contributed by atoms with van der Waals surface area (Å²) in [6, 6.07) is -0.840. The molecule has 0 radical (unpaired) electrons. The summed E-state index contributed by atoms with van der Waals surface area (Å²) in [5.74, 6) is -1.61. The van der Waals surface area contributed by atoms with Crippen molar-refractivity contribution in [1.29, 1.82) is 0 Å². The molecule has 37 heavy (non-hydrogen) atoms. The maximum absolute atomic E-state index is 12.1. The number of nitrogens with one attached hydrogen (secondary N) is 3. The van der Waals surface area contributed by atoms with Crippen LogP contribution in [0.25, 0.3) is 0 Å². The zero-order chi connectivity index (χ0) is 27.7. The molecule has 4 amide bonds. The highest BCUT2D eigenvalue weighted by Gasteiger charge is 2.41. The molecule has 0 aromatic carbocycles. The molecule has 212 valence electrons. The molecule has 12 heteroatoms. The fourth-order valence-electron chi connectivity index (χ4n) is 3.52. The van der Waals surface area contributed by atoms with E-state index in [-0.39, 0.29) is 43.3 Å². The van der Waals surface area contributed by atoms with Gasteiger partial charge in [-0.3, -0.25) is 24.1 Å². The van der Waals surface area contributed by atoms with Crippen molar-refractivity contribution in [2.24, 2.45) is 5.73 Å². The Bertz CT molecular complexity index is 760. The van der Waals surface area contributed by atoms with Gasteiger partial charge in [-0.05, 0) is 40.0 Å². The minimum absolute atomic E-state index is 0.0143. The van der Waals surface area contributed by atoms with Gasteiger partial charge in [0.15, 0.2) is 0 Å². The van der Waals surface area contributed by atoms with Gasteiger partial charge in [-0.2, -0.15) is 0 Å². The number of amides is 4. The lowest BCUT2D eigenvalue weighted by molar-refractivity contribution is -0.129. The van der Waals surface area contributed by atoms with Crippen LogP contribution in [0.1, 0.15) is 65.7 Å². The highest BCUT2D eigenvalue weighted by molar-refractivity contribution is 5.88.